The van der Waals surface area contributed by atoms with Gasteiger partial charge >= 0.3 is 5.91 Å². The first-order valence-electron chi connectivity index (χ1n) is 11.9. The summed E-state index contributed by atoms with van der Waals surface area (Å²) >= 11 is 0. The molecule has 0 spiro atoms. The topological polar surface area (TPSA) is 106 Å². The van der Waals surface area contributed by atoms with Crippen molar-refractivity contribution >= 4 is 12.1 Å². The number of hydrogen-bond acceptors (Lipinski definition) is 6. The van der Waals surface area contributed by atoms with Gasteiger partial charge in [0.25, 0.3) is 0 Å². The van der Waals surface area contributed by atoms with Crippen molar-refractivity contribution in [3.63, 3.8) is 0 Å². The Kier molecular flexibility index (Phi) is 6.91. The van der Waals surface area contributed by atoms with Crippen LogP contribution in [0.2, 0.25) is 0 Å². The second-order valence-electron chi connectivity index (χ2n) is 8.56. The quantitative estimate of drug-likeness (QED) is 0.201. The number of hydrazone groups is 1. The molecule has 0 saturated carbocycles. The van der Waals surface area contributed by atoms with E-state index in [4.69, 9.17) is 13.6 Å². The van der Waals surface area contributed by atoms with Crippen LogP contribution in [0.15, 0.2) is 98.9 Å². The van der Waals surface area contributed by atoms with Crippen molar-refractivity contribution in [2.45, 2.75) is 20.5 Å². The Hall–Kier alpha value is -5.29. The van der Waals surface area contributed by atoms with Crippen molar-refractivity contribution < 1.29 is 18.4 Å². The molecule has 2 aromatic carbocycles. The molecule has 8 heteroatoms. The highest BCUT2D eigenvalue weighted by Crippen LogP contribution is 2.25. The molecule has 188 valence electrons. The molecule has 0 unspecified atom stereocenters. The molecule has 5 aromatic rings. The second-order valence-corrected chi connectivity index (χ2v) is 8.56. The van der Waals surface area contributed by atoms with Gasteiger partial charge in [0, 0.05) is 22.6 Å². The van der Waals surface area contributed by atoms with E-state index >= 15 is 0 Å². The third-order valence-corrected chi connectivity index (χ3v) is 5.93. The van der Waals surface area contributed by atoms with Gasteiger partial charge in [0.1, 0.15) is 29.6 Å². The summed E-state index contributed by atoms with van der Waals surface area (Å²) in [6.07, 6.45) is 1.38. The van der Waals surface area contributed by atoms with E-state index in [1.165, 1.54) is 6.21 Å². The summed E-state index contributed by atoms with van der Waals surface area (Å²) in [5.74, 6) is 1.77. The summed E-state index contributed by atoms with van der Waals surface area (Å²) in [5, 5.41) is 13.2. The van der Waals surface area contributed by atoms with E-state index < -0.39 is 5.91 Å². The minimum atomic E-state index is -0.504. The average molecular weight is 505 g/mol. The van der Waals surface area contributed by atoms with Gasteiger partial charge in [-0.2, -0.15) is 10.4 Å². The van der Waals surface area contributed by atoms with Gasteiger partial charge in [-0.05, 0) is 86.6 Å². The molecule has 0 aliphatic rings. The lowest BCUT2D eigenvalue weighted by molar-refractivity contribution is 0.0923. The van der Waals surface area contributed by atoms with Crippen LogP contribution < -0.4 is 10.2 Å². The molecule has 1 N–H and O–H groups in total. The summed E-state index contributed by atoms with van der Waals surface area (Å²) in [6, 6.07) is 27.9. The number of rotatable bonds is 8. The molecule has 0 radical (unpaired) electrons. The number of benzene rings is 2. The van der Waals surface area contributed by atoms with Gasteiger partial charge in [0.15, 0.2) is 5.76 Å². The molecule has 38 heavy (non-hydrogen) atoms. The fraction of sp³-hybridized carbons (Fsp3) is 0.100. The monoisotopic (exact) mass is 504 g/mol. The van der Waals surface area contributed by atoms with E-state index in [-0.39, 0.29) is 12.4 Å². The number of aryl methyl sites for hydroxylation is 2. The number of nitrogens with one attached hydrogen (secondary N) is 1. The molecule has 0 bridgehead atoms. The van der Waals surface area contributed by atoms with Crippen LogP contribution in [-0.2, 0) is 6.61 Å². The van der Waals surface area contributed by atoms with E-state index in [1.54, 1.807) is 42.5 Å². The Bertz CT molecular complexity index is 1630. The fourth-order valence-corrected chi connectivity index (χ4v) is 4.07. The Morgan fingerprint density at radius 2 is 1.74 bits per heavy atom. The lowest BCUT2D eigenvalue weighted by Crippen LogP contribution is -2.16. The molecule has 0 aliphatic carbocycles. The van der Waals surface area contributed by atoms with Crippen LogP contribution in [0.4, 0.5) is 0 Å². The third kappa shape index (κ3) is 5.27. The Labute approximate surface area is 219 Å². The van der Waals surface area contributed by atoms with Crippen molar-refractivity contribution in [3.8, 4) is 28.8 Å². The number of ether oxygens (including phenoxy) is 1. The number of carbonyl (C=O) groups is 1. The lowest BCUT2D eigenvalue weighted by atomic mass is 10.1. The summed E-state index contributed by atoms with van der Waals surface area (Å²) < 4.78 is 19.3. The molecule has 0 aliphatic heterocycles. The van der Waals surface area contributed by atoms with Crippen LogP contribution in [0.3, 0.4) is 0 Å². The van der Waals surface area contributed by atoms with E-state index in [0.29, 0.717) is 34.2 Å². The van der Waals surface area contributed by atoms with Crippen LogP contribution in [0, 0.1) is 25.2 Å². The smallest absolute Gasteiger partial charge is 0.307 e. The van der Waals surface area contributed by atoms with Gasteiger partial charge in [-0.15, -0.1) is 0 Å². The molecule has 0 atom stereocenters. The van der Waals surface area contributed by atoms with Crippen molar-refractivity contribution in [3.05, 3.63) is 119 Å². The van der Waals surface area contributed by atoms with Gasteiger partial charge < -0.3 is 18.1 Å². The highest BCUT2D eigenvalue weighted by Gasteiger charge is 2.12. The SMILES string of the molecule is Cc1ccc(C)n1-c1ccc(OCc2ccc(C(=O)N/N=C/c3ccc(-c4ccccc4C#N)o3)o2)cc1. The van der Waals surface area contributed by atoms with Crippen molar-refractivity contribution in [1.82, 2.24) is 9.99 Å². The molecular weight excluding hydrogens is 480 g/mol. The largest absolute Gasteiger partial charge is 0.486 e. The van der Waals surface area contributed by atoms with Gasteiger partial charge in [-0.3, -0.25) is 4.79 Å². The number of carbonyl (C=O) groups excluding carboxylic acids is 1. The van der Waals surface area contributed by atoms with Gasteiger partial charge in [-0.1, -0.05) is 12.1 Å². The predicted molar refractivity (Wildman–Crippen MR) is 142 cm³/mol. The first kappa shape index (κ1) is 24.4. The number of nitriles is 1. The maximum absolute atomic E-state index is 12.4. The van der Waals surface area contributed by atoms with E-state index in [9.17, 15) is 10.1 Å². The lowest BCUT2D eigenvalue weighted by Gasteiger charge is -2.10. The fourth-order valence-electron chi connectivity index (χ4n) is 4.07. The van der Waals surface area contributed by atoms with Crippen molar-refractivity contribution in [2.75, 3.05) is 0 Å². The molecule has 8 nitrogen and oxygen atoms in total. The number of amides is 1. The average Bonchev–Trinajstić information content (AvgIpc) is 3.68. The maximum atomic E-state index is 12.4. The molecule has 1 amide bonds. The standard InChI is InChI=1S/C30H24N4O4/c1-20-7-8-21(2)34(20)23-9-11-24(12-10-23)36-19-26-14-16-29(38-26)30(35)33-32-18-25-13-15-28(37-25)27-6-4-3-5-22(27)17-31/h3-16,18H,19H2,1-2H3,(H,33,35)/b32-18+. The van der Waals surface area contributed by atoms with Gasteiger partial charge in [0.2, 0.25) is 0 Å². The summed E-state index contributed by atoms with van der Waals surface area (Å²) in [5.41, 5.74) is 7.00. The second kappa shape index (κ2) is 10.8. The van der Waals surface area contributed by atoms with Crippen molar-refractivity contribution in [1.29, 1.82) is 5.26 Å². The molecule has 3 aromatic heterocycles. The first-order chi connectivity index (χ1) is 18.5. The zero-order valence-corrected chi connectivity index (χ0v) is 20.8. The highest BCUT2D eigenvalue weighted by atomic mass is 16.5. The molecule has 3 heterocycles. The van der Waals surface area contributed by atoms with Gasteiger partial charge in [0.05, 0.1) is 17.8 Å². The van der Waals surface area contributed by atoms with Crippen molar-refractivity contribution in [2.24, 2.45) is 5.10 Å². The first-order valence-corrected chi connectivity index (χ1v) is 11.9. The normalized spacial score (nSPS) is 11.0. The predicted octanol–water partition coefficient (Wildman–Crippen LogP) is 6.16. The minimum absolute atomic E-state index is 0.109. The number of aromatic nitrogens is 1. The number of hydrogen-bond donors (Lipinski definition) is 1. The summed E-state index contributed by atoms with van der Waals surface area (Å²) in [4.78, 5) is 12.4. The van der Waals surface area contributed by atoms with E-state index in [0.717, 1.165) is 17.1 Å². The summed E-state index contributed by atoms with van der Waals surface area (Å²) in [7, 11) is 0. The van der Waals surface area contributed by atoms with E-state index in [1.807, 2.05) is 30.3 Å². The van der Waals surface area contributed by atoms with Crippen LogP contribution in [0.1, 0.15) is 39.0 Å². The molecule has 5 rings (SSSR count). The van der Waals surface area contributed by atoms with Crippen LogP contribution >= 0.6 is 0 Å². The number of furan rings is 2. The Morgan fingerprint density at radius 3 is 2.50 bits per heavy atom. The zero-order valence-electron chi connectivity index (χ0n) is 20.8. The van der Waals surface area contributed by atoms with Crippen LogP contribution in [0.5, 0.6) is 5.75 Å². The van der Waals surface area contributed by atoms with Crippen LogP contribution in [0.25, 0.3) is 17.0 Å². The number of nitrogens with zero attached hydrogens (tertiary/aromatic N) is 3. The van der Waals surface area contributed by atoms with Gasteiger partial charge in [-0.25, -0.2) is 5.43 Å². The Morgan fingerprint density at radius 1 is 0.974 bits per heavy atom. The maximum Gasteiger partial charge on any atom is 0.307 e. The van der Waals surface area contributed by atoms with E-state index in [2.05, 4.69) is 47.1 Å². The third-order valence-electron chi connectivity index (χ3n) is 5.93. The minimum Gasteiger partial charge on any atom is -0.486 e. The highest BCUT2D eigenvalue weighted by molar-refractivity contribution is 5.92. The molecular formula is C30H24N4O4. The van der Waals surface area contributed by atoms with Crippen LogP contribution in [-0.4, -0.2) is 16.7 Å². The molecule has 0 fully saturated rings. The Balaban J connectivity index is 1.15. The zero-order chi connectivity index (χ0) is 26.5. The summed E-state index contributed by atoms with van der Waals surface area (Å²) in [6.45, 7) is 4.31. The molecule has 0 saturated heterocycles.